The van der Waals surface area contributed by atoms with Crippen molar-refractivity contribution in [1.82, 2.24) is 14.8 Å². The van der Waals surface area contributed by atoms with Crippen LogP contribution in [0.25, 0.3) is 0 Å². The van der Waals surface area contributed by atoms with E-state index in [1.807, 2.05) is 12.1 Å². The van der Waals surface area contributed by atoms with Gasteiger partial charge in [0.25, 0.3) is 0 Å². The molecule has 3 heterocycles. The number of furan rings is 1. The normalized spacial score (nSPS) is 24.4. The van der Waals surface area contributed by atoms with Gasteiger partial charge in [-0.2, -0.15) is 10.1 Å². The van der Waals surface area contributed by atoms with E-state index < -0.39 is 0 Å². The summed E-state index contributed by atoms with van der Waals surface area (Å²) in [6.07, 6.45) is 5.75. The average molecular weight is 346 g/mol. The molecular formula is C20H18N4O2. The van der Waals surface area contributed by atoms with E-state index in [-0.39, 0.29) is 23.7 Å². The highest BCUT2D eigenvalue weighted by Crippen LogP contribution is 2.44. The molecule has 1 aromatic carbocycles. The molecule has 2 aliphatic rings. The maximum absolute atomic E-state index is 13.1. The Morgan fingerprint density at radius 2 is 2.08 bits per heavy atom. The monoisotopic (exact) mass is 346 g/mol. The average Bonchev–Trinajstić information content (AvgIpc) is 3.32. The van der Waals surface area contributed by atoms with Crippen LogP contribution in [0.2, 0.25) is 0 Å². The van der Waals surface area contributed by atoms with E-state index in [1.165, 1.54) is 11.9 Å². The van der Waals surface area contributed by atoms with E-state index in [0.717, 1.165) is 17.0 Å². The number of carbonyl (C=O) groups is 1. The van der Waals surface area contributed by atoms with Crippen LogP contribution >= 0.6 is 0 Å². The molecule has 130 valence electrons. The van der Waals surface area contributed by atoms with Crippen molar-refractivity contribution in [1.29, 1.82) is 0 Å². The topological polar surface area (TPSA) is 73.0 Å². The number of Topliss-reactive ketones (excluding diaryl/α,β-unsaturated/α-hetero) is 1. The lowest BCUT2D eigenvalue weighted by molar-refractivity contribution is -0.123. The number of anilines is 1. The maximum atomic E-state index is 13.1. The summed E-state index contributed by atoms with van der Waals surface area (Å²) >= 11 is 0. The molecule has 0 bridgehead atoms. The number of nitrogens with zero attached hydrogens (tertiary/aromatic N) is 3. The zero-order chi connectivity index (χ0) is 17.7. The lowest BCUT2D eigenvalue weighted by Crippen LogP contribution is -2.39. The molecule has 1 aliphatic carbocycles. The molecule has 0 unspecified atom stereocenters. The predicted octanol–water partition coefficient (Wildman–Crippen LogP) is 3.45. The molecule has 0 spiro atoms. The highest BCUT2D eigenvalue weighted by atomic mass is 16.3. The number of ketones is 1. The number of aryl methyl sites for hydroxylation is 1. The first kappa shape index (κ1) is 15.1. The van der Waals surface area contributed by atoms with E-state index in [1.54, 1.807) is 10.9 Å². The van der Waals surface area contributed by atoms with Gasteiger partial charge in [-0.1, -0.05) is 35.9 Å². The minimum atomic E-state index is -0.336. The molecule has 26 heavy (non-hydrogen) atoms. The maximum Gasteiger partial charge on any atom is 0.226 e. The van der Waals surface area contributed by atoms with Gasteiger partial charge in [0.05, 0.1) is 12.2 Å². The molecule has 0 amide bonds. The number of benzene rings is 1. The fraction of sp³-hybridized carbons (Fsp3) is 0.250. The Balaban J connectivity index is 1.60. The quantitative estimate of drug-likeness (QED) is 0.769. The second kappa shape index (κ2) is 5.69. The SMILES string of the molecule is Cc1ccc([C@H]2C=C3Nc4ncnn4[C@H](c4ccco4)[C@H]3C(=O)C2)cc1. The predicted molar refractivity (Wildman–Crippen MR) is 95.6 cm³/mol. The number of hydrogen-bond acceptors (Lipinski definition) is 5. The molecule has 0 fully saturated rings. The van der Waals surface area contributed by atoms with Gasteiger partial charge in [0, 0.05) is 18.0 Å². The Bertz CT molecular complexity index is 985. The molecule has 0 saturated heterocycles. The lowest BCUT2D eigenvalue weighted by Gasteiger charge is -2.36. The number of nitrogens with one attached hydrogen (secondary N) is 1. The van der Waals surface area contributed by atoms with Gasteiger partial charge in [-0.15, -0.1) is 0 Å². The number of allylic oxidation sites excluding steroid dienone is 2. The molecule has 3 atom stereocenters. The van der Waals surface area contributed by atoms with Crippen molar-refractivity contribution < 1.29 is 9.21 Å². The summed E-state index contributed by atoms with van der Waals surface area (Å²) in [4.78, 5) is 17.4. The first-order valence-corrected chi connectivity index (χ1v) is 8.71. The summed E-state index contributed by atoms with van der Waals surface area (Å²) in [6, 6.07) is 11.8. The number of carbonyl (C=O) groups excluding carboxylic acids is 1. The van der Waals surface area contributed by atoms with Crippen LogP contribution in [-0.4, -0.2) is 20.5 Å². The van der Waals surface area contributed by atoms with Crippen molar-refractivity contribution in [3.8, 4) is 0 Å². The zero-order valence-electron chi connectivity index (χ0n) is 14.3. The van der Waals surface area contributed by atoms with Crippen molar-refractivity contribution in [3.05, 3.63) is 77.6 Å². The molecule has 6 heteroatoms. The van der Waals surface area contributed by atoms with Gasteiger partial charge >= 0.3 is 0 Å². The van der Waals surface area contributed by atoms with Crippen molar-refractivity contribution in [2.45, 2.75) is 25.3 Å². The number of aromatic nitrogens is 3. The highest BCUT2D eigenvalue weighted by molar-refractivity contribution is 5.88. The summed E-state index contributed by atoms with van der Waals surface area (Å²) in [7, 11) is 0. The van der Waals surface area contributed by atoms with Crippen LogP contribution in [0.4, 0.5) is 5.95 Å². The van der Waals surface area contributed by atoms with Crippen molar-refractivity contribution in [2.24, 2.45) is 5.92 Å². The molecule has 0 saturated carbocycles. The van der Waals surface area contributed by atoms with Gasteiger partial charge in [-0.05, 0) is 24.6 Å². The van der Waals surface area contributed by atoms with Gasteiger partial charge < -0.3 is 9.73 Å². The summed E-state index contributed by atoms with van der Waals surface area (Å²) in [5.74, 6) is 1.26. The number of fused-ring (bicyclic) bond motifs is 2. The molecule has 0 radical (unpaired) electrons. The molecule has 5 rings (SSSR count). The third-order valence-electron chi connectivity index (χ3n) is 5.23. The second-order valence-corrected chi connectivity index (χ2v) is 6.90. The van der Waals surface area contributed by atoms with Crippen LogP contribution in [0.15, 0.2) is 65.2 Å². The number of hydrogen-bond donors (Lipinski definition) is 1. The van der Waals surface area contributed by atoms with E-state index in [2.05, 4.69) is 52.7 Å². The van der Waals surface area contributed by atoms with Crippen LogP contribution in [-0.2, 0) is 4.79 Å². The molecular weight excluding hydrogens is 328 g/mol. The van der Waals surface area contributed by atoms with Gasteiger partial charge in [0.2, 0.25) is 5.95 Å². The largest absolute Gasteiger partial charge is 0.467 e. The van der Waals surface area contributed by atoms with Crippen molar-refractivity contribution >= 4 is 11.7 Å². The Kier molecular flexibility index (Phi) is 3.31. The lowest BCUT2D eigenvalue weighted by atomic mass is 9.77. The molecule has 3 aromatic rings. The fourth-order valence-electron chi connectivity index (χ4n) is 3.95. The number of rotatable bonds is 2. The third-order valence-corrected chi connectivity index (χ3v) is 5.23. The highest BCUT2D eigenvalue weighted by Gasteiger charge is 2.44. The van der Waals surface area contributed by atoms with Gasteiger partial charge in [-0.25, -0.2) is 4.68 Å². The Morgan fingerprint density at radius 3 is 2.85 bits per heavy atom. The van der Waals surface area contributed by atoms with Crippen LogP contribution in [0.3, 0.4) is 0 Å². The molecule has 1 N–H and O–H groups in total. The standard InChI is InChI=1S/C20H18N4O2/c1-12-4-6-13(7-5-12)14-9-15-18(16(25)10-14)19(17-3-2-8-26-17)24-20(23-15)21-11-22-24/h2-9,11,14,18-19H,10H2,1H3,(H,21,22,23)/t14-,18+,19+/m0/s1. The fourth-order valence-corrected chi connectivity index (χ4v) is 3.95. The van der Waals surface area contributed by atoms with Crippen LogP contribution in [0.1, 0.15) is 35.3 Å². The van der Waals surface area contributed by atoms with Crippen molar-refractivity contribution in [3.63, 3.8) is 0 Å². The Morgan fingerprint density at radius 1 is 1.23 bits per heavy atom. The van der Waals surface area contributed by atoms with Crippen LogP contribution in [0.5, 0.6) is 0 Å². The minimum absolute atomic E-state index is 0.0635. The first-order valence-electron chi connectivity index (χ1n) is 8.71. The van der Waals surface area contributed by atoms with Gasteiger partial charge in [-0.3, -0.25) is 4.79 Å². The minimum Gasteiger partial charge on any atom is -0.467 e. The summed E-state index contributed by atoms with van der Waals surface area (Å²) in [5.41, 5.74) is 3.25. The smallest absolute Gasteiger partial charge is 0.226 e. The Hall–Kier alpha value is -3.15. The van der Waals surface area contributed by atoms with Crippen LogP contribution < -0.4 is 5.32 Å². The van der Waals surface area contributed by atoms with Gasteiger partial charge in [0.15, 0.2) is 0 Å². The second-order valence-electron chi connectivity index (χ2n) is 6.90. The third kappa shape index (κ3) is 2.29. The van der Waals surface area contributed by atoms with E-state index >= 15 is 0 Å². The molecule has 6 nitrogen and oxygen atoms in total. The first-order chi connectivity index (χ1) is 12.7. The van der Waals surface area contributed by atoms with Crippen molar-refractivity contribution in [2.75, 3.05) is 5.32 Å². The summed E-state index contributed by atoms with van der Waals surface area (Å²) in [6.45, 7) is 2.06. The van der Waals surface area contributed by atoms with E-state index in [0.29, 0.717) is 12.4 Å². The summed E-state index contributed by atoms with van der Waals surface area (Å²) in [5, 5.41) is 7.61. The summed E-state index contributed by atoms with van der Waals surface area (Å²) < 4.78 is 7.37. The van der Waals surface area contributed by atoms with Crippen LogP contribution in [0, 0.1) is 12.8 Å². The Labute approximate surface area is 150 Å². The van der Waals surface area contributed by atoms with E-state index in [9.17, 15) is 4.79 Å². The van der Waals surface area contributed by atoms with E-state index in [4.69, 9.17) is 4.42 Å². The molecule has 2 aromatic heterocycles. The zero-order valence-corrected chi connectivity index (χ0v) is 14.3. The molecule has 1 aliphatic heterocycles. The van der Waals surface area contributed by atoms with Gasteiger partial charge in [0.1, 0.15) is 23.9 Å².